The third-order valence-corrected chi connectivity index (χ3v) is 3.33. The van der Waals surface area contributed by atoms with Gasteiger partial charge >= 0.3 is 6.18 Å². The fraction of sp³-hybridized carbons (Fsp3) is 0.778. The molecule has 9 heteroatoms. The van der Waals surface area contributed by atoms with Gasteiger partial charge in [-0.05, 0) is 0 Å². The first kappa shape index (κ1) is 13.6. The van der Waals surface area contributed by atoms with Gasteiger partial charge in [0.1, 0.15) is 6.10 Å². The molecule has 2 rings (SSSR count). The Bertz CT molecular complexity index is 393. The number of rotatable bonds is 3. The second kappa shape index (κ2) is 5.45. The zero-order valence-electron chi connectivity index (χ0n) is 9.18. The van der Waals surface area contributed by atoms with Crippen molar-refractivity contribution in [1.29, 1.82) is 0 Å². The van der Waals surface area contributed by atoms with Gasteiger partial charge in [-0.3, -0.25) is 0 Å². The number of aliphatic hydroxyl groups is 1. The highest BCUT2D eigenvalue weighted by Gasteiger charge is 2.39. The first-order valence-electron chi connectivity index (χ1n) is 5.23. The van der Waals surface area contributed by atoms with Gasteiger partial charge in [-0.15, -0.1) is 0 Å². The van der Waals surface area contributed by atoms with Gasteiger partial charge in [0, 0.05) is 11.5 Å². The van der Waals surface area contributed by atoms with E-state index in [1.165, 1.54) is 0 Å². The number of nitrogens with zero attached hydrogens (tertiary/aromatic N) is 2. The molecule has 0 saturated carbocycles. The first-order chi connectivity index (χ1) is 8.47. The Balaban J connectivity index is 1.97. The number of thioether (sulfide) groups is 1. The predicted molar refractivity (Wildman–Crippen MR) is 56.1 cm³/mol. The fourth-order valence-electron chi connectivity index (χ4n) is 1.40. The SMILES string of the molecule is OC(Cc1nc(C2CSCCO2)no1)C(F)(F)F. The molecule has 1 aromatic rings. The second-order valence-electron chi connectivity index (χ2n) is 3.74. The number of aromatic nitrogens is 2. The Labute approximate surface area is 105 Å². The van der Waals surface area contributed by atoms with Crippen molar-refractivity contribution in [2.24, 2.45) is 0 Å². The van der Waals surface area contributed by atoms with Crippen LogP contribution in [0.3, 0.4) is 0 Å². The molecule has 2 unspecified atom stereocenters. The van der Waals surface area contributed by atoms with Crippen LogP contribution in [-0.2, 0) is 11.2 Å². The van der Waals surface area contributed by atoms with Crippen molar-refractivity contribution in [2.75, 3.05) is 18.1 Å². The van der Waals surface area contributed by atoms with E-state index in [1.807, 2.05) is 0 Å². The molecule has 1 aliphatic rings. The maximum Gasteiger partial charge on any atom is 0.414 e. The molecule has 0 spiro atoms. The van der Waals surface area contributed by atoms with Gasteiger partial charge < -0.3 is 14.4 Å². The molecule has 1 aromatic heterocycles. The molecule has 102 valence electrons. The molecule has 0 amide bonds. The quantitative estimate of drug-likeness (QED) is 0.903. The summed E-state index contributed by atoms with van der Waals surface area (Å²) in [6.45, 7) is 0.546. The highest BCUT2D eigenvalue weighted by atomic mass is 32.2. The monoisotopic (exact) mass is 284 g/mol. The van der Waals surface area contributed by atoms with E-state index in [1.54, 1.807) is 11.8 Å². The highest BCUT2D eigenvalue weighted by molar-refractivity contribution is 7.99. The van der Waals surface area contributed by atoms with E-state index in [4.69, 9.17) is 9.84 Å². The van der Waals surface area contributed by atoms with E-state index < -0.39 is 18.7 Å². The average molecular weight is 284 g/mol. The summed E-state index contributed by atoms with van der Waals surface area (Å²) in [5.74, 6) is 1.50. The maximum atomic E-state index is 12.1. The van der Waals surface area contributed by atoms with Crippen LogP contribution in [-0.4, -0.2) is 45.6 Å². The van der Waals surface area contributed by atoms with E-state index >= 15 is 0 Å². The number of hydrogen-bond donors (Lipinski definition) is 1. The predicted octanol–water partition coefficient (Wildman–Crippen LogP) is 1.34. The van der Waals surface area contributed by atoms with Crippen LogP contribution in [0.2, 0.25) is 0 Å². The van der Waals surface area contributed by atoms with Crippen LogP contribution in [0.15, 0.2) is 4.52 Å². The summed E-state index contributed by atoms with van der Waals surface area (Å²) in [4.78, 5) is 3.81. The van der Waals surface area contributed by atoms with Gasteiger partial charge in [-0.2, -0.15) is 29.9 Å². The lowest BCUT2D eigenvalue weighted by Crippen LogP contribution is -2.30. The van der Waals surface area contributed by atoms with E-state index in [0.717, 1.165) is 5.75 Å². The van der Waals surface area contributed by atoms with Crippen LogP contribution in [0.4, 0.5) is 13.2 Å². The summed E-state index contributed by atoms with van der Waals surface area (Å²) in [6, 6.07) is 0. The third-order valence-electron chi connectivity index (χ3n) is 2.33. The van der Waals surface area contributed by atoms with Crippen LogP contribution in [0.1, 0.15) is 17.8 Å². The molecule has 0 radical (unpaired) electrons. The summed E-state index contributed by atoms with van der Waals surface area (Å²) in [7, 11) is 0. The van der Waals surface area contributed by atoms with Gasteiger partial charge in [0.25, 0.3) is 0 Å². The standard InChI is InChI=1S/C9H11F3N2O3S/c10-9(11,12)6(15)3-7-13-8(14-17-7)5-4-18-2-1-16-5/h5-6,15H,1-4H2. The van der Waals surface area contributed by atoms with Crippen molar-refractivity contribution in [2.45, 2.75) is 24.8 Å². The van der Waals surface area contributed by atoms with Gasteiger partial charge in [0.2, 0.25) is 11.7 Å². The molecule has 1 aliphatic heterocycles. The van der Waals surface area contributed by atoms with Crippen LogP contribution in [0.5, 0.6) is 0 Å². The zero-order valence-corrected chi connectivity index (χ0v) is 10.00. The van der Waals surface area contributed by atoms with Crippen molar-refractivity contribution in [3.63, 3.8) is 0 Å². The van der Waals surface area contributed by atoms with Crippen LogP contribution in [0, 0.1) is 0 Å². The van der Waals surface area contributed by atoms with Crippen molar-refractivity contribution >= 4 is 11.8 Å². The average Bonchev–Trinajstić information content (AvgIpc) is 2.77. The normalized spacial score (nSPS) is 23.0. The topological polar surface area (TPSA) is 68.4 Å². The summed E-state index contributed by atoms with van der Waals surface area (Å²) >= 11 is 1.65. The summed E-state index contributed by atoms with van der Waals surface area (Å²) in [5.41, 5.74) is 0. The van der Waals surface area contributed by atoms with E-state index in [9.17, 15) is 13.2 Å². The zero-order chi connectivity index (χ0) is 13.2. The first-order valence-corrected chi connectivity index (χ1v) is 6.39. The number of ether oxygens (including phenoxy) is 1. The molecule has 18 heavy (non-hydrogen) atoms. The Kier molecular flexibility index (Phi) is 4.13. The Hall–Kier alpha value is -0.800. The molecule has 5 nitrogen and oxygen atoms in total. The van der Waals surface area contributed by atoms with E-state index in [0.29, 0.717) is 12.4 Å². The molecule has 2 atom stereocenters. The largest absolute Gasteiger partial charge is 0.414 e. The van der Waals surface area contributed by atoms with Gasteiger partial charge in [0.15, 0.2) is 6.10 Å². The lowest BCUT2D eigenvalue weighted by molar-refractivity contribution is -0.204. The number of aliphatic hydroxyl groups excluding tert-OH is 1. The lowest BCUT2D eigenvalue weighted by Gasteiger charge is -2.18. The smallest absolute Gasteiger partial charge is 0.383 e. The minimum atomic E-state index is -4.69. The van der Waals surface area contributed by atoms with Crippen LogP contribution in [0.25, 0.3) is 0 Å². The van der Waals surface area contributed by atoms with Gasteiger partial charge in [0.05, 0.1) is 13.0 Å². The molecule has 0 bridgehead atoms. The molecule has 0 aromatic carbocycles. The summed E-state index contributed by atoms with van der Waals surface area (Å²) in [5, 5.41) is 12.4. The van der Waals surface area contributed by atoms with Crippen molar-refractivity contribution < 1.29 is 27.5 Å². The number of hydrogen-bond acceptors (Lipinski definition) is 6. The number of halogens is 3. The molecule has 1 N–H and O–H groups in total. The lowest BCUT2D eigenvalue weighted by atomic mass is 10.2. The molecule has 1 fully saturated rings. The van der Waals surface area contributed by atoms with Gasteiger partial charge in [-0.1, -0.05) is 5.16 Å². The fourth-order valence-corrected chi connectivity index (χ4v) is 2.24. The van der Waals surface area contributed by atoms with E-state index in [2.05, 4.69) is 14.7 Å². The second-order valence-corrected chi connectivity index (χ2v) is 4.89. The minimum Gasteiger partial charge on any atom is -0.383 e. The molecular formula is C9H11F3N2O3S. The van der Waals surface area contributed by atoms with Gasteiger partial charge in [-0.25, -0.2) is 0 Å². The maximum absolute atomic E-state index is 12.1. The molecular weight excluding hydrogens is 273 g/mol. The van der Waals surface area contributed by atoms with Crippen LogP contribution < -0.4 is 0 Å². The van der Waals surface area contributed by atoms with Crippen molar-refractivity contribution in [1.82, 2.24) is 10.1 Å². The summed E-state index contributed by atoms with van der Waals surface area (Å²) < 4.78 is 46.4. The summed E-state index contributed by atoms with van der Waals surface area (Å²) in [6.07, 6.45) is -8.28. The Morgan fingerprint density at radius 2 is 2.28 bits per heavy atom. The Morgan fingerprint density at radius 3 is 2.89 bits per heavy atom. The van der Waals surface area contributed by atoms with Crippen molar-refractivity contribution in [3.8, 4) is 0 Å². The molecule has 2 heterocycles. The highest BCUT2D eigenvalue weighted by Crippen LogP contribution is 2.26. The number of alkyl halides is 3. The van der Waals surface area contributed by atoms with E-state index in [-0.39, 0.29) is 17.8 Å². The van der Waals surface area contributed by atoms with Crippen LogP contribution >= 0.6 is 11.8 Å². The Morgan fingerprint density at radius 1 is 1.50 bits per heavy atom. The molecule has 1 saturated heterocycles. The minimum absolute atomic E-state index is 0.228. The van der Waals surface area contributed by atoms with Crippen molar-refractivity contribution in [3.05, 3.63) is 11.7 Å². The third kappa shape index (κ3) is 3.36. The molecule has 0 aliphatic carbocycles.